The summed E-state index contributed by atoms with van der Waals surface area (Å²) in [4.78, 5) is 38.0. The highest BCUT2D eigenvalue weighted by molar-refractivity contribution is 5.96. The first-order chi connectivity index (χ1) is 15.7. The first-order valence-electron chi connectivity index (χ1n) is 10.6. The number of nitrogens with zero attached hydrogens (tertiary/aromatic N) is 2. The van der Waals surface area contributed by atoms with Gasteiger partial charge in [0, 0.05) is 25.2 Å². The van der Waals surface area contributed by atoms with E-state index in [0.717, 1.165) is 10.5 Å². The van der Waals surface area contributed by atoms with Gasteiger partial charge in [0.1, 0.15) is 12.4 Å². The van der Waals surface area contributed by atoms with Crippen molar-refractivity contribution < 1.29 is 28.2 Å². The van der Waals surface area contributed by atoms with Crippen LogP contribution in [-0.2, 0) is 25.4 Å². The van der Waals surface area contributed by atoms with Crippen LogP contribution in [0.4, 0.5) is 4.39 Å². The molecule has 33 heavy (non-hydrogen) atoms. The number of methoxy groups -OCH3 is 1. The Morgan fingerprint density at radius 1 is 1.15 bits per heavy atom. The number of carbonyl (C=O) groups is 2. The van der Waals surface area contributed by atoms with Gasteiger partial charge in [-0.2, -0.15) is 5.10 Å². The minimum atomic E-state index is -0.782. The van der Waals surface area contributed by atoms with Crippen LogP contribution < -0.4 is 5.56 Å². The first kappa shape index (κ1) is 26.1. The number of carbonyl (C=O) groups excluding carboxylic acids is 2. The number of H-pyrrole nitrogens is 1. The van der Waals surface area contributed by atoms with Crippen LogP contribution in [0.3, 0.4) is 0 Å². The third-order valence-electron chi connectivity index (χ3n) is 5.17. The Morgan fingerprint density at radius 3 is 2.42 bits per heavy atom. The zero-order valence-corrected chi connectivity index (χ0v) is 19.6. The molecule has 0 aliphatic heterocycles. The van der Waals surface area contributed by atoms with Crippen molar-refractivity contribution in [3.63, 3.8) is 0 Å². The van der Waals surface area contributed by atoms with Crippen LogP contribution in [0.5, 0.6) is 0 Å². The van der Waals surface area contributed by atoms with E-state index in [1.807, 2.05) is 0 Å². The molecule has 0 saturated carbocycles. The van der Waals surface area contributed by atoms with Gasteiger partial charge in [0.25, 0.3) is 11.5 Å². The minimum absolute atomic E-state index is 0.0843. The van der Waals surface area contributed by atoms with Crippen molar-refractivity contribution in [3.05, 3.63) is 62.3 Å². The summed E-state index contributed by atoms with van der Waals surface area (Å²) in [5, 5.41) is 6.51. The molecule has 1 amide bonds. The van der Waals surface area contributed by atoms with Gasteiger partial charge < -0.3 is 19.1 Å². The summed E-state index contributed by atoms with van der Waals surface area (Å²) >= 11 is 0. The molecule has 0 aliphatic rings. The Hall–Kier alpha value is -3.11. The average Bonchev–Trinajstić information content (AvgIpc) is 2.79. The Bertz CT molecular complexity index is 1030. The normalized spacial score (nSPS) is 11.0. The molecular weight excluding hydrogens is 433 g/mol. The van der Waals surface area contributed by atoms with Gasteiger partial charge in [-0.15, -0.1) is 0 Å². The van der Waals surface area contributed by atoms with Crippen molar-refractivity contribution in [1.82, 2.24) is 15.1 Å². The molecule has 0 aliphatic carbocycles. The molecule has 2 aromatic rings. The number of aromatic nitrogens is 2. The fourth-order valence-corrected chi connectivity index (χ4v) is 3.20. The van der Waals surface area contributed by atoms with E-state index in [-0.39, 0.29) is 24.1 Å². The first-order valence-corrected chi connectivity index (χ1v) is 10.6. The van der Waals surface area contributed by atoms with Gasteiger partial charge in [-0.25, -0.2) is 9.49 Å². The van der Waals surface area contributed by atoms with Crippen molar-refractivity contribution in [1.29, 1.82) is 0 Å². The van der Waals surface area contributed by atoms with Gasteiger partial charge in [0.05, 0.1) is 24.9 Å². The second-order valence-electron chi connectivity index (χ2n) is 7.34. The summed E-state index contributed by atoms with van der Waals surface area (Å²) in [5.74, 6) is -2.09. The Labute approximate surface area is 191 Å². The predicted octanol–water partition coefficient (Wildman–Crippen LogP) is 2.13. The lowest BCUT2D eigenvalue weighted by atomic mass is 10.0. The van der Waals surface area contributed by atoms with E-state index in [4.69, 9.17) is 9.47 Å². The number of rotatable bonds is 11. The van der Waals surface area contributed by atoms with Gasteiger partial charge in [0.2, 0.25) is 0 Å². The smallest absolute Gasteiger partial charge is 0.325 e. The largest absolute Gasteiger partial charge is 0.468 e. The van der Waals surface area contributed by atoms with Crippen LogP contribution in [0, 0.1) is 19.7 Å². The molecule has 0 fully saturated rings. The molecule has 0 unspecified atom stereocenters. The molecule has 180 valence electrons. The minimum Gasteiger partial charge on any atom is -0.468 e. The fraction of sp³-hybridized carbons (Fsp3) is 0.478. The summed E-state index contributed by atoms with van der Waals surface area (Å²) in [6.45, 7) is 7.21. The van der Waals surface area contributed by atoms with E-state index in [1.54, 1.807) is 33.8 Å². The van der Waals surface area contributed by atoms with Crippen molar-refractivity contribution >= 4 is 11.9 Å². The molecule has 0 radical (unpaired) electrons. The Kier molecular flexibility index (Phi) is 9.68. The van der Waals surface area contributed by atoms with Crippen LogP contribution in [0.15, 0.2) is 23.0 Å². The summed E-state index contributed by atoms with van der Waals surface area (Å²) in [6.07, 6.45) is -0.502. The highest BCUT2D eigenvalue weighted by Crippen LogP contribution is 2.18. The molecule has 0 atom stereocenters. The molecule has 1 N–H and O–H groups in total. The SMILES string of the molecule is CCOC(CN(CC(=O)OC)C(=O)c1cc(Cc2n[nH]c(=O)c(C)c2C)ccc1F)OCC. The van der Waals surface area contributed by atoms with Crippen molar-refractivity contribution in [3.8, 4) is 0 Å². The standard InChI is InChI=1S/C23H30FN3O6/c1-6-32-21(33-7-2)13-27(12-20(28)31-5)23(30)17-10-16(8-9-18(17)24)11-19-14(3)15(4)22(29)26-25-19/h8-10,21H,6-7,11-13H2,1-5H3,(H,26,29). The zero-order chi connectivity index (χ0) is 24.5. The van der Waals surface area contributed by atoms with Crippen molar-refractivity contribution in [2.75, 3.05) is 33.4 Å². The third-order valence-corrected chi connectivity index (χ3v) is 5.17. The van der Waals surface area contributed by atoms with E-state index in [0.29, 0.717) is 30.0 Å². The summed E-state index contributed by atoms with van der Waals surface area (Å²) in [6, 6.07) is 4.15. The number of esters is 1. The van der Waals surface area contributed by atoms with Gasteiger partial charge in [-0.3, -0.25) is 14.4 Å². The molecule has 1 aromatic carbocycles. The van der Waals surface area contributed by atoms with Gasteiger partial charge in [0.15, 0.2) is 6.29 Å². The number of benzene rings is 1. The number of halogens is 1. The average molecular weight is 464 g/mol. The van der Waals surface area contributed by atoms with Crippen LogP contribution in [-0.4, -0.2) is 66.7 Å². The Balaban J connectivity index is 2.36. The van der Waals surface area contributed by atoms with Crippen molar-refractivity contribution in [2.24, 2.45) is 0 Å². The molecule has 9 nitrogen and oxygen atoms in total. The summed E-state index contributed by atoms with van der Waals surface area (Å²) < 4.78 is 30.3. The van der Waals surface area contributed by atoms with Crippen molar-refractivity contribution in [2.45, 2.75) is 40.4 Å². The monoisotopic (exact) mass is 463 g/mol. The number of nitrogens with one attached hydrogen (secondary N) is 1. The molecule has 0 bridgehead atoms. The summed E-state index contributed by atoms with van der Waals surface area (Å²) in [7, 11) is 1.20. The van der Waals surface area contributed by atoms with E-state index in [2.05, 4.69) is 14.9 Å². The molecule has 1 aromatic heterocycles. The van der Waals surface area contributed by atoms with E-state index in [9.17, 15) is 18.8 Å². The van der Waals surface area contributed by atoms with Gasteiger partial charge in [-0.1, -0.05) is 6.07 Å². The summed E-state index contributed by atoms with van der Waals surface area (Å²) in [5.41, 5.74) is 2.01. The highest BCUT2D eigenvalue weighted by Gasteiger charge is 2.26. The van der Waals surface area contributed by atoms with Crippen LogP contribution in [0.1, 0.15) is 46.6 Å². The Morgan fingerprint density at radius 2 is 1.82 bits per heavy atom. The third kappa shape index (κ3) is 6.93. The second-order valence-corrected chi connectivity index (χ2v) is 7.34. The maximum atomic E-state index is 14.7. The number of hydrogen-bond donors (Lipinski definition) is 1. The topological polar surface area (TPSA) is 111 Å². The van der Waals surface area contributed by atoms with Crippen LogP contribution >= 0.6 is 0 Å². The van der Waals surface area contributed by atoms with Gasteiger partial charge in [-0.05, 0) is 51.0 Å². The predicted molar refractivity (Wildman–Crippen MR) is 118 cm³/mol. The lowest BCUT2D eigenvalue weighted by molar-refractivity contribution is -0.151. The number of ether oxygens (including phenoxy) is 3. The maximum Gasteiger partial charge on any atom is 0.325 e. The van der Waals surface area contributed by atoms with E-state index in [1.165, 1.54) is 19.2 Å². The molecule has 0 saturated heterocycles. The highest BCUT2D eigenvalue weighted by atomic mass is 19.1. The molecule has 2 rings (SSSR count). The molecule has 0 spiro atoms. The molecule has 1 heterocycles. The zero-order valence-electron chi connectivity index (χ0n) is 19.6. The second kappa shape index (κ2) is 12.2. The van der Waals surface area contributed by atoms with Crippen LogP contribution in [0.25, 0.3) is 0 Å². The fourth-order valence-electron chi connectivity index (χ4n) is 3.20. The molecule has 10 heteroatoms. The number of aromatic amines is 1. The van der Waals surface area contributed by atoms with E-state index < -0.39 is 30.5 Å². The number of amides is 1. The maximum absolute atomic E-state index is 14.7. The molecular formula is C23H30FN3O6. The van der Waals surface area contributed by atoms with Gasteiger partial charge >= 0.3 is 5.97 Å². The lowest BCUT2D eigenvalue weighted by Gasteiger charge is -2.27. The number of hydrogen-bond acceptors (Lipinski definition) is 7. The quantitative estimate of drug-likeness (QED) is 0.401. The lowest BCUT2D eigenvalue weighted by Crippen LogP contribution is -2.43. The van der Waals surface area contributed by atoms with Crippen LogP contribution in [0.2, 0.25) is 0 Å². The van der Waals surface area contributed by atoms with E-state index >= 15 is 0 Å².